The van der Waals surface area contributed by atoms with Gasteiger partial charge in [-0.3, -0.25) is 14.2 Å². The predicted octanol–water partition coefficient (Wildman–Crippen LogP) is 3.60. The summed E-state index contributed by atoms with van der Waals surface area (Å²) in [5, 5.41) is 2.47. The van der Waals surface area contributed by atoms with E-state index in [4.69, 9.17) is 26.8 Å². The van der Waals surface area contributed by atoms with Crippen molar-refractivity contribution in [3.63, 3.8) is 0 Å². The molecule has 1 aliphatic heterocycles. The van der Waals surface area contributed by atoms with Crippen molar-refractivity contribution in [2.75, 3.05) is 24.3 Å². The van der Waals surface area contributed by atoms with Crippen LogP contribution < -0.4 is 27.0 Å². The molecule has 0 aliphatic carbocycles. The maximum atomic E-state index is 14.8. The van der Waals surface area contributed by atoms with Gasteiger partial charge in [0.2, 0.25) is 0 Å². The number of carbonyl (C=O) groups excluding carboxylic acids is 1. The monoisotopic (exact) mass is 555 g/mol. The lowest BCUT2D eigenvalue weighted by molar-refractivity contribution is -0.0400. The molecule has 0 radical (unpaired) electrons. The molecule has 13 heteroatoms. The molecule has 1 aliphatic rings. The fraction of sp³-hybridized carbons (Fsp3) is 0.154. The molecule has 10 nitrogen and oxygen atoms in total. The number of pyridine rings is 1. The van der Waals surface area contributed by atoms with Gasteiger partial charge in [0.25, 0.3) is 11.5 Å². The van der Waals surface area contributed by atoms with Gasteiger partial charge in [0.05, 0.1) is 18.9 Å². The van der Waals surface area contributed by atoms with Gasteiger partial charge in [-0.2, -0.15) is 0 Å². The second-order valence-corrected chi connectivity index (χ2v) is 9.09. The van der Waals surface area contributed by atoms with Crippen LogP contribution in [0.25, 0.3) is 5.69 Å². The number of anilines is 2. The normalized spacial score (nSPS) is 13.1. The number of rotatable bonds is 7. The maximum Gasteiger partial charge on any atom is 0.335 e. The van der Waals surface area contributed by atoms with Crippen molar-refractivity contribution in [1.82, 2.24) is 14.1 Å². The number of hydrogen-bond donors (Lipinski definition) is 2. The Morgan fingerprint density at radius 3 is 2.54 bits per heavy atom. The minimum Gasteiger partial charge on any atom is -0.453 e. The standard InChI is InChI=1S/C26H20ClF2N5O5/c27-22-21(7-8-31-23(22)30)39-20-6-3-16(9-19(20)29)32-24(35)18-11-33(10-14-12-38-13-14)26(37)34(25(18)36)17-4-1-15(28)2-5-17/h1-9,11,14H,10,12-13H2,(H2,30,31)(H,32,35). The van der Waals surface area contributed by atoms with Crippen LogP contribution >= 0.6 is 11.6 Å². The van der Waals surface area contributed by atoms with E-state index in [9.17, 15) is 23.2 Å². The van der Waals surface area contributed by atoms with Gasteiger partial charge in [0.1, 0.15) is 22.2 Å². The van der Waals surface area contributed by atoms with Crippen LogP contribution in [0.4, 0.5) is 20.3 Å². The van der Waals surface area contributed by atoms with Crippen molar-refractivity contribution in [2.24, 2.45) is 5.92 Å². The number of nitrogens with two attached hydrogens (primary N) is 1. The average molecular weight is 556 g/mol. The topological polar surface area (TPSA) is 130 Å². The van der Waals surface area contributed by atoms with Crippen molar-refractivity contribution < 1.29 is 23.0 Å². The van der Waals surface area contributed by atoms with Gasteiger partial charge >= 0.3 is 5.69 Å². The molecule has 2 aromatic heterocycles. The number of amides is 1. The molecule has 0 atom stereocenters. The van der Waals surface area contributed by atoms with Gasteiger partial charge in [-0.1, -0.05) is 11.6 Å². The Morgan fingerprint density at radius 1 is 1.13 bits per heavy atom. The lowest BCUT2D eigenvalue weighted by Gasteiger charge is -2.26. The van der Waals surface area contributed by atoms with Gasteiger partial charge in [0, 0.05) is 42.7 Å². The van der Waals surface area contributed by atoms with Crippen LogP contribution in [-0.4, -0.2) is 33.2 Å². The number of aromatic nitrogens is 3. The second-order valence-electron chi connectivity index (χ2n) is 8.71. The number of carbonyl (C=O) groups is 1. The van der Waals surface area contributed by atoms with Gasteiger partial charge in [-0.05, 0) is 36.4 Å². The molecular formula is C26H20ClF2N5O5. The van der Waals surface area contributed by atoms with E-state index >= 15 is 0 Å². The number of nitrogens with zero attached hydrogens (tertiary/aromatic N) is 3. The smallest absolute Gasteiger partial charge is 0.335 e. The molecule has 1 fully saturated rings. The van der Waals surface area contributed by atoms with Crippen molar-refractivity contribution in [3.8, 4) is 17.2 Å². The number of nitrogen functional groups attached to an aromatic ring is 1. The molecule has 1 saturated heterocycles. The Balaban J connectivity index is 1.46. The largest absolute Gasteiger partial charge is 0.453 e. The zero-order valence-corrected chi connectivity index (χ0v) is 20.8. The van der Waals surface area contributed by atoms with Crippen LogP contribution in [0.1, 0.15) is 10.4 Å². The van der Waals surface area contributed by atoms with Crippen LogP contribution in [0.15, 0.2) is 70.5 Å². The molecule has 0 unspecified atom stereocenters. The SMILES string of the molecule is Nc1nccc(Oc2ccc(NC(=O)c3cn(CC4COC4)c(=O)n(-c4ccc(F)cc4)c3=O)cc2F)c1Cl. The van der Waals surface area contributed by atoms with Crippen molar-refractivity contribution in [1.29, 1.82) is 0 Å². The van der Waals surface area contributed by atoms with Crippen LogP contribution in [0.5, 0.6) is 11.5 Å². The van der Waals surface area contributed by atoms with Gasteiger partial charge in [-0.25, -0.2) is 23.1 Å². The van der Waals surface area contributed by atoms with Gasteiger partial charge in [0.15, 0.2) is 17.3 Å². The molecule has 1 amide bonds. The first-order valence-electron chi connectivity index (χ1n) is 11.6. The Morgan fingerprint density at radius 2 is 1.87 bits per heavy atom. The molecule has 0 spiro atoms. The highest BCUT2D eigenvalue weighted by atomic mass is 35.5. The van der Waals surface area contributed by atoms with Crippen LogP contribution in [-0.2, 0) is 11.3 Å². The Bertz CT molecular complexity index is 1690. The van der Waals surface area contributed by atoms with E-state index in [0.29, 0.717) is 13.2 Å². The molecule has 39 heavy (non-hydrogen) atoms. The molecule has 3 N–H and O–H groups in total. The van der Waals surface area contributed by atoms with Crippen LogP contribution in [0.2, 0.25) is 5.02 Å². The summed E-state index contributed by atoms with van der Waals surface area (Å²) in [5.74, 6) is -2.36. The first-order valence-corrected chi connectivity index (χ1v) is 12.0. The lowest BCUT2D eigenvalue weighted by Crippen LogP contribution is -2.44. The minimum atomic E-state index is -0.921. The zero-order chi connectivity index (χ0) is 27.7. The first-order chi connectivity index (χ1) is 18.7. The summed E-state index contributed by atoms with van der Waals surface area (Å²) in [6.45, 7) is 1.05. The average Bonchev–Trinajstić information content (AvgIpc) is 2.88. The van der Waals surface area contributed by atoms with E-state index in [1.165, 1.54) is 41.1 Å². The second kappa shape index (κ2) is 10.7. The number of ether oxygens (including phenoxy) is 2. The Labute approximate surface area is 224 Å². The summed E-state index contributed by atoms with van der Waals surface area (Å²) in [4.78, 5) is 43.4. The fourth-order valence-corrected chi connectivity index (χ4v) is 4.02. The Kier molecular flexibility index (Phi) is 7.13. The third-order valence-electron chi connectivity index (χ3n) is 5.94. The Hall–Kier alpha value is -4.55. The summed E-state index contributed by atoms with van der Waals surface area (Å²) < 4.78 is 40.9. The summed E-state index contributed by atoms with van der Waals surface area (Å²) >= 11 is 6.04. The number of nitrogens with one attached hydrogen (secondary N) is 1. The molecule has 3 heterocycles. The molecule has 4 aromatic rings. The summed E-state index contributed by atoms with van der Waals surface area (Å²) in [6, 6.07) is 9.72. The number of benzene rings is 2. The quantitative estimate of drug-likeness (QED) is 0.356. The predicted molar refractivity (Wildman–Crippen MR) is 139 cm³/mol. The molecular weight excluding hydrogens is 536 g/mol. The van der Waals surface area contributed by atoms with E-state index in [2.05, 4.69) is 10.3 Å². The highest BCUT2D eigenvalue weighted by Crippen LogP contribution is 2.34. The third-order valence-corrected chi connectivity index (χ3v) is 6.32. The van der Waals surface area contributed by atoms with Crippen molar-refractivity contribution >= 4 is 29.0 Å². The van der Waals surface area contributed by atoms with E-state index in [1.54, 1.807) is 0 Å². The number of halogens is 3. The summed E-state index contributed by atoms with van der Waals surface area (Å²) in [7, 11) is 0. The molecule has 0 saturated carbocycles. The van der Waals surface area contributed by atoms with Crippen molar-refractivity contribution in [2.45, 2.75) is 6.54 Å². The number of hydrogen-bond acceptors (Lipinski definition) is 7. The lowest BCUT2D eigenvalue weighted by atomic mass is 10.1. The van der Waals surface area contributed by atoms with Gasteiger partial charge < -0.3 is 20.5 Å². The van der Waals surface area contributed by atoms with Crippen LogP contribution in [0, 0.1) is 17.6 Å². The molecule has 2 aromatic carbocycles. The van der Waals surface area contributed by atoms with Crippen LogP contribution in [0.3, 0.4) is 0 Å². The summed E-state index contributed by atoms with van der Waals surface area (Å²) in [5.41, 5.74) is 3.74. The maximum absolute atomic E-state index is 14.8. The van der Waals surface area contributed by atoms with E-state index < -0.39 is 28.8 Å². The fourth-order valence-electron chi connectivity index (χ4n) is 3.87. The zero-order valence-electron chi connectivity index (χ0n) is 20.1. The van der Waals surface area contributed by atoms with Crippen molar-refractivity contribution in [3.05, 3.63) is 104 Å². The highest BCUT2D eigenvalue weighted by Gasteiger charge is 2.24. The van der Waals surface area contributed by atoms with Gasteiger partial charge in [-0.15, -0.1) is 0 Å². The summed E-state index contributed by atoms with van der Waals surface area (Å²) in [6.07, 6.45) is 2.50. The minimum absolute atomic E-state index is 0.00954. The van der Waals surface area contributed by atoms with E-state index in [1.807, 2.05) is 0 Å². The first kappa shape index (κ1) is 26.1. The highest BCUT2D eigenvalue weighted by molar-refractivity contribution is 6.34. The molecule has 5 rings (SSSR count). The van der Waals surface area contributed by atoms with E-state index in [0.717, 1.165) is 29.0 Å². The van der Waals surface area contributed by atoms with E-state index in [-0.39, 0.29) is 51.7 Å². The molecule has 200 valence electrons. The third kappa shape index (κ3) is 5.38. The molecule has 0 bridgehead atoms.